The van der Waals surface area contributed by atoms with E-state index < -0.39 is 0 Å². The molecule has 126 valence electrons. The second kappa shape index (κ2) is 4.88. The van der Waals surface area contributed by atoms with E-state index in [-0.39, 0.29) is 16.2 Å². The molecule has 2 aromatic carbocycles. The number of hydrogen-bond acceptors (Lipinski definition) is 0. The summed E-state index contributed by atoms with van der Waals surface area (Å²) in [5, 5.41) is 0.856. The molecule has 1 heteroatoms. The van der Waals surface area contributed by atoms with E-state index in [4.69, 9.17) is 11.6 Å². The topological polar surface area (TPSA) is 0 Å². The molecule has 2 atom stereocenters. The highest BCUT2D eigenvalue weighted by molar-refractivity contribution is 6.30. The van der Waals surface area contributed by atoms with Gasteiger partial charge in [-0.05, 0) is 57.6 Å². The van der Waals surface area contributed by atoms with E-state index in [0.717, 1.165) is 5.02 Å². The summed E-state index contributed by atoms with van der Waals surface area (Å²) in [5.74, 6) is 0.713. The zero-order valence-corrected chi connectivity index (χ0v) is 16.2. The lowest BCUT2D eigenvalue weighted by atomic mass is 9.55. The van der Waals surface area contributed by atoms with Crippen LogP contribution in [-0.2, 0) is 5.41 Å². The van der Waals surface area contributed by atoms with Crippen molar-refractivity contribution >= 4 is 11.6 Å². The van der Waals surface area contributed by atoms with Crippen molar-refractivity contribution in [2.45, 2.75) is 52.9 Å². The standard InChI is InChI=1S/C23H27Cl/c1-6-15-14-23(22(4,5)21(15,2)3)19-10-8-7-9-17(19)18-12-11-16(24)13-20(18)23/h7-13,15H,6,14H2,1-5H3. The lowest BCUT2D eigenvalue weighted by molar-refractivity contribution is 0.0737. The molecule has 0 aliphatic heterocycles. The minimum atomic E-state index is 0.0635. The predicted octanol–water partition coefficient (Wildman–Crippen LogP) is 7.09. The summed E-state index contributed by atoms with van der Waals surface area (Å²) in [4.78, 5) is 0. The first-order valence-electron chi connectivity index (χ1n) is 9.17. The first-order chi connectivity index (χ1) is 11.3. The van der Waals surface area contributed by atoms with Gasteiger partial charge in [0.15, 0.2) is 0 Å². The second-order valence-electron chi connectivity index (χ2n) is 8.80. The Morgan fingerprint density at radius 2 is 1.62 bits per heavy atom. The van der Waals surface area contributed by atoms with Gasteiger partial charge in [-0.2, -0.15) is 0 Å². The lowest BCUT2D eigenvalue weighted by Crippen LogP contribution is -2.44. The molecule has 0 nitrogen and oxygen atoms in total. The number of benzene rings is 2. The molecule has 1 saturated carbocycles. The van der Waals surface area contributed by atoms with Crippen LogP contribution in [-0.4, -0.2) is 0 Å². The van der Waals surface area contributed by atoms with E-state index in [2.05, 4.69) is 71.0 Å². The average molecular weight is 339 g/mol. The molecule has 2 aliphatic carbocycles. The fourth-order valence-electron chi connectivity index (χ4n) is 5.83. The molecule has 0 heterocycles. The largest absolute Gasteiger partial charge is 0.0843 e. The van der Waals surface area contributed by atoms with Gasteiger partial charge in [-0.1, -0.05) is 83.0 Å². The van der Waals surface area contributed by atoms with Gasteiger partial charge in [0.25, 0.3) is 0 Å². The molecule has 0 aromatic heterocycles. The summed E-state index contributed by atoms with van der Waals surface area (Å²) in [5.41, 5.74) is 6.25. The Labute approximate surface area is 151 Å². The first kappa shape index (κ1) is 16.2. The normalized spacial score (nSPS) is 28.8. The third kappa shape index (κ3) is 1.66. The van der Waals surface area contributed by atoms with Gasteiger partial charge in [0, 0.05) is 10.4 Å². The van der Waals surface area contributed by atoms with Crippen molar-refractivity contribution in [3.05, 3.63) is 58.6 Å². The zero-order chi connectivity index (χ0) is 17.3. The monoisotopic (exact) mass is 338 g/mol. The maximum atomic E-state index is 6.46. The molecule has 0 radical (unpaired) electrons. The van der Waals surface area contributed by atoms with Crippen LogP contribution in [0.5, 0.6) is 0 Å². The molecule has 0 N–H and O–H groups in total. The number of hydrogen-bond donors (Lipinski definition) is 0. The molecular weight excluding hydrogens is 312 g/mol. The predicted molar refractivity (Wildman–Crippen MR) is 104 cm³/mol. The number of fused-ring (bicyclic) bond motifs is 5. The van der Waals surface area contributed by atoms with Gasteiger partial charge in [0.05, 0.1) is 0 Å². The molecular formula is C23H27Cl. The molecule has 24 heavy (non-hydrogen) atoms. The number of halogens is 1. The maximum absolute atomic E-state index is 6.46. The van der Waals surface area contributed by atoms with Crippen molar-refractivity contribution in [1.29, 1.82) is 0 Å². The molecule has 1 spiro atoms. The number of rotatable bonds is 1. The molecule has 2 unspecified atom stereocenters. The smallest absolute Gasteiger partial charge is 0.0409 e. The summed E-state index contributed by atoms with van der Waals surface area (Å²) in [6, 6.07) is 15.5. The van der Waals surface area contributed by atoms with Crippen LogP contribution in [0.3, 0.4) is 0 Å². The minimum Gasteiger partial charge on any atom is -0.0843 e. The van der Waals surface area contributed by atoms with Crippen molar-refractivity contribution in [3.8, 4) is 11.1 Å². The van der Waals surface area contributed by atoms with Crippen LogP contribution in [0.15, 0.2) is 42.5 Å². The van der Waals surface area contributed by atoms with Crippen LogP contribution in [0.4, 0.5) is 0 Å². The highest BCUT2D eigenvalue weighted by Crippen LogP contribution is 2.72. The molecule has 0 bridgehead atoms. The van der Waals surface area contributed by atoms with Gasteiger partial charge in [-0.25, -0.2) is 0 Å². The van der Waals surface area contributed by atoms with E-state index in [1.54, 1.807) is 0 Å². The van der Waals surface area contributed by atoms with Crippen LogP contribution in [0.2, 0.25) is 5.02 Å². The highest BCUT2D eigenvalue weighted by Gasteiger charge is 2.65. The van der Waals surface area contributed by atoms with Crippen LogP contribution in [0, 0.1) is 16.7 Å². The molecule has 0 amide bonds. The average Bonchev–Trinajstić information content (AvgIpc) is 2.91. The van der Waals surface area contributed by atoms with E-state index in [9.17, 15) is 0 Å². The van der Waals surface area contributed by atoms with Crippen molar-refractivity contribution in [1.82, 2.24) is 0 Å². The summed E-state index contributed by atoms with van der Waals surface area (Å²) >= 11 is 6.46. The van der Waals surface area contributed by atoms with E-state index >= 15 is 0 Å². The Morgan fingerprint density at radius 3 is 2.29 bits per heavy atom. The maximum Gasteiger partial charge on any atom is 0.0409 e. The van der Waals surface area contributed by atoms with Crippen LogP contribution >= 0.6 is 11.6 Å². The third-order valence-corrected chi connectivity index (χ3v) is 8.10. The lowest BCUT2D eigenvalue weighted by Gasteiger charge is -2.48. The fourth-order valence-corrected chi connectivity index (χ4v) is 6.00. The van der Waals surface area contributed by atoms with Crippen LogP contribution in [0.25, 0.3) is 11.1 Å². The Morgan fingerprint density at radius 1 is 0.958 bits per heavy atom. The van der Waals surface area contributed by atoms with Crippen molar-refractivity contribution < 1.29 is 0 Å². The Hall–Kier alpha value is -1.27. The Balaban J connectivity index is 2.10. The summed E-state index contributed by atoms with van der Waals surface area (Å²) < 4.78 is 0. The van der Waals surface area contributed by atoms with E-state index in [1.165, 1.54) is 35.1 Å². The third-order valence-electron chi connectivity index (χ3n) is 7.86. The summed E-state index contributed by atoms with van der Waals surface area (Å²) in [6.45, 7) is 12.3. The van der Waals surface area contributed by atoms with Crippen LogP contribution < -0.4 is 0 Å². The molecule has 2 aromatic rings. The zero-order valence-electron chi connectivity index (χ0n) is 15.4. The minimum absolute atomic E-state index is 0.0635. The van der Waals surface area contributed by atoms with Gasteiger partial charge < -0.3 is 0 Å². The van der Waals surface area contributed by atoms with Crippen molar-refractivity contribution in [2.24, 2.45) is 16.7 Å². The fraction of sp³-hybridized carbons (Fsp3) is 0.478. The van der Waals surface area contributed by atoms with E-state index in [0.29, 0.717) is 5.92 Å². The second-order valence-corrected chi connectivity index (χ2v) is 9.23. The van der Waals surface area contributed by atoms with Gasteiger partial charge >= 0.3 is 0 Å². The quantitative estimate of drug-likeness (QED) is 0.520. The molecule has 1 fully saturated rings. The summed E-state index contributed by atoms with van der Waals surface area (Å²) in [6.07, 6.45) is 2.45. The summed E-state index contributed by atoms with van der Waals surface area (Å²) in [7, 11) is 0. The van der Waals surface area contributed by atoms with Gasteiger partial charge in [-0.3, -0.25) is 0 Å². The Kier molecular flexibility index (Phi) is 3.30. The SMILES string of the molecule is CCC1CC2(c3ccccc3-c3ccc(Cl)cc32)C(C)(C)C1(C)C. The van der Waals surface area contributed by atoms with Crippen molar-refractivity contribution in [2.75, 3.05) is 0 Å². The highest BCUT2D eigenvalue weighted by atomic mass is 35.5. The molecule has 0 saturated heterocycles. The molecule has 4 rings (SSSR count). The molecule has 2 aliphatic rings. The Bertz CT molecular complexity index is 815. The van der Waals surface area contributed by atoms with E-state index in [1.807, 2.05) is 6.07 Å². The van der Waals surface area contributed by atoms with Crippen LogP contribution in [0.1, 0.15) is 58.6 Å². The first-order valence-corrected chi connectivity index (χ1v) is 9.55. The van der Waals surface area contributed by atoms with Crippen molar-refractivity contribution in [3.63, 3.8) is 0 Å². The van der Waals surface area contributed by atoms with Gasteiger partial charge in [0.2, 0.25) is 0 Å². The van der Waals surface area contributed by atoms with Gasteiger partial charge in [0.1, 0.15) is 0 Å². The van der Waals surface area contributed by atoms with Gasteiger partial charge in [-0.15, -0.1) is 0 Å².